The summed E-state index contributed by atoms with van der Waals surface area (Å²) in [5.41, 5.74) is 3.61. The van der Waals surface area contributed by atoms with Gasteiger partial charge in [0.05, 0.1) is 30.9 Å². The fraction of sp³-hybridized carbons (Fsp3) is 0.259. The number of ether oxygens (including phenoxy) is 3. The van der Waals surface area contributed by atoms with E-state index < -0.39 is 10.9 Å². The molecule has 1 aromatic carbocycles. The lowest BCUT2D eigenvalue weighted by Gasteiger charge is -2.28. The molecule has 0 amide bonds. The predicted octanol–water partition coefficient (Wildman–Crippen LogP) is 4.76. The number of esters is 1. The first-order valence-electron chi connectivity index (χ1n) is 12.2. The maximum Gasteiger partial charge on any atom is 0.348 e. The number of benzene rings is 1. The predicted molar refractivity (Wildman–Crippen MR) is 144 cm³/mol. The summed E-state index contributed by atoms with van der Waals surface area (Å²) in [5, 5.41) is 21.2. The van der Waals surface area contributed by atoms with Crippen molar-refractivity contribution in [3.8, 4) is 34.5 Å². The average molecular weight is 562 g/mol. The maximum absolute atomic E-state index is 12.2. The zero-order chi connectivity index (χ0) is 28.2. The molecule has 1 saturated heterocycles. The van der Waals surface area contributed by atoms with Gasteiger partial charge in [0.15, 0.2) is 6.39 Å². The first-order chi connectivity index (χ1) is 19.4. The van der Waals surface area contributed by atoms with Gasteiger partial charge in [-0.3, -0.25) is 10.1 Å². The molecule has 0 bridgehead atoms. The molecular formula is C27H23N5O7S. The molecule has 204 valence electrons. The summed E-state index contributed by atoms with van der Waals surface area (Å²) >= 11 is 0.688. The van der Waals surface area contributed by atoms with Gasteiger partial charge in [-0.1, -0.05) is 23.5 Å². The van der Waals surface area contributed by atoms with E-state index in [9.17, 15) is 20.2 Å². The third-order valence-corrected chi connectivity index (χ3v) is 7.46. The van der Waals surface area contributed by atoms with Gasteiger partial charge in [-0.15, -0.1) is 0 Å². The highest BCUT2D eigenvalue weighted by Crippen LogP contribution is 2.36. The Kier molecular flexibility index (Phi) is 7.72. The highest BCUT2D eigenvalue weighted by atomic mass is 32.1. The molecular weight excluding hydrogens is 538 g/mol. The van der Waals surface area contributed by atoms with E-state index >= 15 is 0 Å². The summed E-state index contributed by atoms with van der Waals surface area (Å²) in [6.07, 6.45) is 1.29. The Morgan fingerprint density at radius 2 is 2.00 bits per heavy atom. The van der Waals surface area contributed by atoms with Gasteiger partial charge in [-0.2, -0.15) is 5.26 Å². The molecule has 4 heterocycles. The van der Waals surface area contributed by atoms with Gasteiger partial charge >= 0.3 is 11.0 Å². The number of pyridine rings is 1. The summed E-state index contributed by atoms with van der Waals surface area (Å²) in [5.74, 6) is -0.235. The minimum atomic E-state index is -0.724. The van der Waals surface area contributed by atoms with Gasteiger partial charge in [0.25, 0.3) is 0 Å². The molecule has 3 aromatic heterocycles. The highest BCUT2D eigenvalue weighted by molar-refractivity contribution is 7.17. The zero-order valence-electron chi connectivity index (χ0n) is 21.6. The van der Waals surface area contributed by atoms with Crippen molar-refractivity contribution >= 4 is 28.0 Å². The molecule has 0 aliphatic carbocycles. The number of hydrogen-bond acceptors (Lipinski definition) is 12. The Morgan fingerprint density at radius 1 is 1.25 bits per heavy atom. The van der Waals surface area contributed by atoms with Gasteiger partial charge in [0.1, 0.15) is 34.6 Å². The van der Waals surface area contributed by atoms with Gasteiger partial charge in [-0.05, 0) is 25.1 Å². The standard InChI is InChI=1S/C27H23N5O7S/c1-16-24(29-15-39-16)20-12-22(17-3-5-19(6-4-17)31-7-9-37-10-8-31)30-26(21(20)13-28)38-14-18-11-23(32(34)35)40-25(18)27(33)36-2/h3-6,11-12,15H,7-10,14H2,1-2H3. The van der Waals surface area contributed by atoms with E-state index in [4.69, 9.17) is 18.6 Å². The first-order valence-corrected chi connectivity index (χ1v) is 13.0. The smallest absolute Gasteiger partial charge is 0.348 e. The number of thiophene rings is 1. The molecule has 0 spiro atoms. The van der Waals surface area contributed by atoms with E-state index in [0.29, 0.717) is 47.3 Å². The van der Waals surface area contributed by atoms with Crippen LogP contribution < -0.4 is 9.64 Å². The topological polar surface area (TPSA) is 154 Å². The van der Waals surface area contributed by atoms with Crippen molar-refractivity contribution in [2.45, 2.75) is 13.5 Å². The minimum absolute atomic E-state index is 0.0145. The van der Waals surface area contributed by atoms with Gasteiger partial charge in [-0.25, -0.2) is 14.8 Å². The molecule has 0 saturated carbocycles. The molecule has 13 heteroatoms. The SMILES string of the molecule is COC(=O)c1sc([N+](=O)[O-])cc1COc1nc(-c2ccc(N3CCOCC3)cc2)cc(-c2ncoc2C)c1C#N. The zero-order valence-corrected chi connectivity index (χ0v) is 22.4. The molecule has 40 heavy (non-hydrogen) atoms. The van der Waals surface area contributed by atoms with Crippen molar-refractivity contribution < 1.29 is 28.3 Å². The molecule has 1 aliphatic heterocycles. The molecule has 0 unspecified atom stereocenters. The Labute approximate surface area is 232 Å². The number of methoxy groups -OCH3 is 1. The summed E-state index contributed by atoms with van der Waals surface area (Å²) in [4.78, 5) is 34.2. The maximum atomic E-state index is 12.2. The van der Waals surface area contributed by atoms with Crippen LogP contribution in [0.5, 0.6) is 5.88 Å². The Balaban J connectivity index is 1.54. The second-order valence-corrected chi connectivity index (χ2v) is 9.76. The van der Waals surface area contributed by atoms with Gasteiger partial charge in [0.2, 0.25) is 5.88 Å². The minimum Gasteiger partial charge on any atom is -0.472 e. The number of anilines is 1. The Hall–Kier alpha value is -4.80. The van der Waals surface area contributed by atoms with Crippen LogP contribution in [0, 0.1) is 28.4 Å². The Morgan fingerprint density at radius 3 is 2.62 bits per heavy atom. The van der Waals surface area contributed by atoms with Crippen molar-refractivity contribution in [3.63, 3.8) is 0 Å². The van der Waals surface area contributed by atoms with Crippen LogP contribution in [0.4, 0.5) is 10.7 Å². The number of hydrogen-bond donors (Lipinski definition) is 0. The largest absolute Gasteiger partial charge is 0.472 e. The normalized spacial score (nSPS) is 13.1. The third-order valence-electron chi connectivity index (χ3n) is 6.35. The van der Waals surface area contributed by atoms with Crippen molar-refractivity contribution in [3.05, 3.63) is 74.7 Å². The number of oxazole rings is 1. The number of nitrogens with zero attached hydrogens (tertiary/aromatic N) is 5. The van der Waals surface area contributed by atoms with Crippen LogP contribution in [0.3, 0.4) is 0 Å². The molecule has 0 radical (unpaired) electrons. The van der Waals surface area contributed by atoms with Gasteiger partial charge < -0.3 is 23.5 Å². The molecule has 0 N–H and O–H groups in total. The van der Waals surface area contributed by atoms with Crippen LogP contribution in [0.2, 0.25) is 0 Å². The van der Waals surface area contributed by atoms with Crippen molar-refractivity contribution in [2.75, 3.05) is 38.3 Å². The van der Waals surface area contributed by atoms with Crippen molar-refractivity contribution in [1.29, 1.82) is 5.26 Å². The van der Waals surface area contributed by atoms with Crippen LogP contribution in [0.25, 0.3) is 22.5 Å². The number of rotatable bonds is 8. The molecule has 1 aliphatic rings. The fourth-order valence-corrected chi connectivity index (χ4v) is 5.22. The second-order valence-electron chi connectivity index (χ2n) is 8.73. The van der Waals surface area contributed by atoms with Crippen LogP contribution in [-0.2, 0) is 16.1 Å². The monoisotopic (exact) mass is 561 g/mol. The van der Waals surface area contributed by atoms with Crippen LogP contribution in [0.15, 0.2) is 47.2 Å². The molecule has 4 aromatic rings. The number of carbonyl (C=O) groups is 1. The van der Waals surface area contributed by atoms with E-state index in [0.717, 1.165) is 24.3 Å². The molecule has 5 rings (SSSR count). The first kappa shape index (κ1) is 26.8. The Bertz CT molecular complexity index is 1600. The van der Waals surface area contributed by atoms with Crippen LogP contribution in [-0.4, -0.2) is 54.3 Å². The highest BCUT2D eigenvalue weighted by Gasteiger charge is 2.25. The summed E-state index contributed by atoms with van der Waals surface area (Å²) in [7, 11) is 1.19. The summed E-state index contributed by atoms with van der Waals surface area (Å²) in [6, 6.07) is 13.0. The lowest BCUT2D eigenvalue weighted by atomic mass is 10.0. The lowest BCUT2D eigenvalue weighted by molar-refractivity contribution is -0.380. The lowest BCUT2D eigenvalue weighted by Crippen LogP contribution is -2.36. The number of morpholine rings is 1. The summed E-state index contributed by atoms with van der Waals surface area (Å²) in [6.45, 7) is 4.42. The fourth-order valence-electron chi connectivity index (χ4n) is 4.32. The third kappa shape index (κ3) is 5.35. The molecule has 1 fully saturated rings. The van der Waals surface area contributed by atoms with Crippen molar-refractivity contribution in [2.24, 2.45) is 0 Å². The number of aryl methyl sites for hydroxylation is 1. The van der Waals surface area contributed by atoms with E-state index in [1.807, 2.05) is 24.3 Å². The van der Waals surface area contributed by atoms with Crippen molar-refractivity contribution in [1.82, 2.24) is 9.97 Å². The van der Waals surface area contributed by atoms with E-state index in [2.05, 4.69) is 20.9 Å². The van der Waals surface area contributed by atoms with Crippen LogP contribution in [0.1, 0.15) is 26.6 Å². The van der Waals surface area contributed by atoms with E-state index in [1.165, 1.54) is 19.6 Å². The number of nitro groups is 1. The quantitative estimate of drug-likeness (QED) is 0.166. The molecule has 12 nitrogen and oxygen atoms in total. The van der Waals surface area contributed by atoms with E-state index in [-0.39, 0.29) is 33.5 Å². The second kappa shape index (κ2) is 11.5. The number of carbonyl (C=O) groups excluding carboxylic acids is 1. The average Bonchev–Trinajstić information content (AvgIpc) is 3.62. The van der Waals surface area contributed by atoms with Gasteiger partial charge in [0, 0.05) is 41.5 Å². The summed E-state index contributed by atoms with van der Waals surface area (Å²) < 4.78 is 21.6. The number of nitriles is 1. The van der Waals surface area contributed by atoms with E-state index in [1.54, 1.807) is 13.0 Å². The molecule has 0 atom stereocenters. The van der Waals surface area contributed by atoms with Crippen LogP contribution >= 0.6 is 11.3 Å². The number of aromatic nitrogens is 2.